The lowest BCUT2D eigenvalue weighted by molar-refractivity contribution is -0.127. The zero-order valence-electron chi connectivity index (χ0n) is 15.2. The lowest BCUT2D eigenvalue weighted by Crippen LogP contribution is -2.30. The number of hydrogen-bond acceptors (Lipinski definition) is 6. The van der Waals surface area contributed by atoms with Crippen LogP contribution in [0.25, 0.3) is 0 Å². The van der Waals surface area contributed by atoms with Gasteiger partial charge in [-0.2, -0.15) is 0 Å². The Bertz CT molecular complexity index is 820. The van der Waals surface area contributed by atoms with Crippen LogP contribution in [0.5, 0.6) is 5.75 Å². The number of carbonyl (C=O) groups is 2. The highest BCUT2D eigenvalue weighted by Gasteiger charge is 2.43. The van der Waals surface area contributed by atoms with E-state index in [2.05, 4.69) is 15.5 Å². The van der Waals surface area contributed by atoms with Crippen LogP contribution in [0.2, 0.25) is 0 Å². The number of benzene rings is 1. The summed E-state index contributed by atoms with van der Waals surface area (Å²) in [5, 5.41) is 12.3. The van der Waals surface area contributed by atoms with Crippen molar-refractivity contribution in [2.75, 3.05) is 19.5 Å². The summed E-state index contributed by atoms with van der Waals surface area (Å²) in [6, 6.07) is 7.13. The van der Waals surface area contributed by atoms with Gasteiger partial charge in [-0.25, -0.2) is 0 Å². The number of nitrogens with one attached hydrogen (secondary N) is 1. The molecule has 1 N–H and O–H groups in total. The smallest absolute Gasteiger partial charge is 0.232 e. The molecule has 1 aromatic carbocycles. The van der Waals surface area contributed by atoms with Crippen LogP contribution in [0.1, 0.15) is 42.8 Å². The molecule has 3 rings (SSSR count). The Labute approximate surface area is 156 Å². The molecule has 8 heteroatoms. The van der Waals surface area contributed by atoms with Gasteiger partial charge < -0.3 is 15.0 Å². The fraction of sp³-hybridized carbons (Fsp3) is 0.444. The molecule has 0 spiro atoms. The number of methoxy groups -OCH3 is 1. The van der Waals surface area contributed by atoms with Crippen LogP contribution in [0.4, 0.5) is 5.13 Å². The summed E-state index contributed by atoms with van der Waals surface area (Å²) in [7, 11) is 3.32. The number of carbonyl (C=O) groups excluding carboxylic acids is 2. The third-order valence-corrected chi connectivity index (χ3v) is 5.66. The standard InChI is InChI=1S/C18H22N4O3S/c1-10(2)17-20-21-18(26-17)19-16(24)13-9-14(23)22(3)15(13)11-6-5-7-12(8-11)25-4/h5-8,10,13,15H,9H2,1-4H3,(H,19,21,24)/t13-,15-/m1/s1. The van der Waals surface area contributed by atoms with E-state index in [1.807, 2.05) is 38.1 Å². The Balaban J connectivity index is 1.83. The third kappa shape index (κ3) is 3.55. The zero-order chi connectivity index (χ0) is 18.8. The summed E-state index contributed by atoms with van der Waals surface area (Å²) in [4.78, 5) is 26.7. The molecule has 7 nitrogen and oxygen atoms in total. The molecule has 0 aliphatic carbocycles. The monoisotopic (exact) mass is 374 g/mol. The van der Waals surface area contributed by atoms with E-state index in [1.54, 1.807) is 19.1 Å². The fourth-order valence-electron chi connectivity index (χ4n) is 3.10. The molecular formula is C18H22N4O3S. The summed E-state index contributed by atoms with van der Waals surface area (Å²) >= 11 is 1.36. The van der Waals surface area contributed by atoms with Gasteiger partial charge in [-0.1, -0.05) is 37.3 Å². The van der Waals surface area contributed by atoms with E-state index in [1.165, 1.54) is 11.3 Å². The predicted octanol–water partition coefficient (Wildman–Crippen LogP) is 2.83. The van der Waals surface area contributed by atoms with Crippen molar-refractivity contribution in [1.82, 2.24) is 15.1 Å². The van der Waals surface area contributed by atoms with E-state index in [9.17, 15) is 9.59 Å². The largest absolute Gasteiger partial charge is 0.497 e. The molecule has 1 fully saturated rings. The number of amides is 2. The highest BCUT2D eigenvalue weighted by Crippen LogP contribution is 2.39. The molecule has 2 atom stereocenters. The van der Waals surface area contributed by atoms with Crippen LogP contribution in [0.15, 0.2) is 24.3 Å². The molecule has 1 aliphatic heterocycles. The van der Waals surface area contributed by atoms with Crippen molar-refractivity contribution in [2.24, 2.45) is 5.92 Å². The summed E-state index contributed by atoms with van der Waals surface area (Å²) in [6.07, 6.45) is 0.167. The van der Waals surface area contributed by atoms with Crippen molar-refractivity contribution < 1.29 is 14.3 Å². The Morgan fingerprint density at radius 3 is 2.81 bits per heavy atom. The van der Waals surface area contributed by atoms with Gasteiger partial charge in [-0.15, -0.1) is 10.2 Å². The minimum atomic E-state index is -0.494. The molecule has 1 saturated heterocycles. The maximum atomic E-state index is 12.8. The first-order chi connectivity index (χ1) is 12.4. The lowest BCUT2D eigenvalue weighted by Gasteiger charge is -2.25. The molecule has 2 heterocycles. The van der Waals surface area contributed by atoms with Gasteiger partial charge in [-0.3, -0.25) is 9.59 Å². The van der Waals surface area contributed by atoms with Crippen molar-refractivity contribution in [1.29, 1.82) is 0 Å². The quantitative estimate of drug-likeness (QED) is 0.870. The van der Waals surface area contributed by atoms with Gasteiger partial charge in [0.15, 0.2) is 0 Å². The minimum Gasteiger partial charge on any atom is -0.497 e. The second-order valence-electron chi connectivity index (χ2n) is 6.63. The first kappa shape index (κ1) is 18.3. The molecule has 0 bridgehead atoms. The first-order valence-electron chi connectivity index (χ1n) is 8.44. The van der Waals surface area contributed by atoms with E-state index in [4.69, 9.17) is 4.74 Å². The summed E-state index contributed by atoms with van der Waals surface area (Å²) in [5.41, 5.74) is 0.873. The second-order valence-corrected chi connectivity index (χ2v) is 7.64. The van der Waals surface area contributed by atoms with Gasteiger partial charge in [0.25, 0.3) is 0 Å². The topological polar surface area (TPSA) is 84.4 Å². The Morgan fingerprint density at radius 2 is 2.15 bits per heavy atom. The Hall–Kier alpha value is -2.48. The molecule has 1 aliphatic rings. The van der Waals surface area contributed by atoms with Crippen LogP contribution >= 0.6 is 11.3 Å². The van der Waals surface area contributed by atoms with E-state index in [-0.39, 0.29) is 30.2 Å². The van der Waals surface area contributed by atoms with Crippen molar-refractivity contribution in [3.05, 3.63) is 34.8 Å². The molecule has 0 unspecified atom stereocenters. The molecular weight excluding hydrogens is 352 g/mol. The average molecular weight is 374 g/mol. The lowest BCUT2D eigenvalue weighted by atomic mass is 9.93. The number of hydrogen-bond donors (Lipinski definition) is 1. The van der Waals surface area contributed by atoms with E-state index in [0.29, 0.717) is 10.9 Å². The van der Waals surface area contributed by atoms with Crippen LogP contribution < -0.4 is 10.1 Å². The third-order valence-electron chi connectivity index (χ3n) is 4.52. The van der Waals surface area contributed by atoms with E-state index >= 15 is 0 Å². The maximum Gasteiger partial charge on any atom is 0.232 e. The molecule has 0 radical (unpaired) electrons. The van der Waals surface area contributed by atoms with Crippen molar-refractivity contribution in [3.63, 3.8) is 0 Å². The molecule has 138 valence electrons. The molecule has 26 heavy (non-hydrogen) atoms. The number of likely N-dealkylation sites (tertiary alicyclic amines) is 1. The number of rotatable bonds is 5. The minimum absolute atomic E-state index is 0.0573. The summed E-state index contributed by atoms with van der Waals surface area (Å²) in [6.45, 7) is 4.05. The van der Waals surface area contributed by atoms with Crippen LogP contribution in [-0.2, 0) is 9.59 Å². The van der Waals surface area contributed by atoms with E-state index < -0.39 is 5.92 Å². The molecule has 2 aromatic rings. The van der Waals surface area contributed by atoms with Gasteiger partial charge in [0.1, 0.15) is 10.8 Å². The van der Waals surface area contributed by atoms with Crippen LogP contribution in [0, 0.1) is 5.92 Å². The van der Waals surface area contributed by atoms with Gasteiger partial charge in [-0.05, 0) is 17.7 Å². The predicted molar refractivity (Wildman–Crippen MR) is 99.2 cm³/mol. The highest BCUT2D eigenvalue weighted by molar-refractivity contribution is 7.15. The average Bonchev–Trinajstić information content (AvgIpc) is 3.20. The Morgan fingerprint density at radius 1 is 1.38 bits per heavy atom. The zero-order valence-corrected chi connectivity index (χ0v) is 16.0. The van der Waals surface area contributed by atoms with Crippen LogP contribution in [0.3, 0.4) is 0 Å². The fourth-order valence-corrected chi connectivity index (χ4v) is 3.85. The SMILES string of the molecule is COc1cccc([C@@H]2[C@H](C(=O)Nc3nnc(C(C)C)s3)CC(=O)N2C)c1. The summed E-state index contributed by atoms with van der Waals surface area (Å²) in [5.74, 6) is 0.174. The molecule has 2 amide bonds. The second kappa shape index (κ2) is 7.41. The van der Waals surface area contributed by atoms with Gasteiger partial charge >= 0.3 is 0 Å². The van der Waals surface area contributed by atoms with Crippen molar-refractivity contribution >= 4 is 28.3 Å². The number of nitrogens with zero attached hydrogens (tertiary/aromatic N) is 3. The molecule has 1 aromatic heterocycles. The Kier molecular flexibility index (Phi) is 5.22. The number of anilines is 1. The molecule has 0 saturated carbocycles. The highest BCUT2D eigenvalue weighted by atomic mass is 32.1. The van der Waals surface area contributed by atoms with E-state index in [0.717, 1.165) is 10.6 Å². The first-order valence-corrected chi connectivity index (χ1v) is 9.26. The van der Waals surface area contributed by atoms with Crippen molar-refractivity contribution in [2.45, 2.75) is 32.2 Å². The number of ether oxygens (including phenoxy) is 1. The normalized spacial score (nSPS) is 19.9. The number of aromatic nitrogens is 2. The van der Waals surface area contributed by atoms with Gasteiger partial charge in [0, 0.05) is 19.4 Å². The maximum absolute atomic E-state index is 12.8. The van der Waals surface area contributed by atoms with Crippen molar-refractivity contribution in [3.8, 4) is 5.75 Å². The van der Waals surface area contributed by atoms with Gasteiger partial charge in [0.2, 0.25) is 16.9 Å². The van der Waals surface area contributed by atoms with Gasteiger partial charge in [0.05, 0.1) is 19.1 Å². The van der Waals surface area contributed by atoms with Crippen LogP contribution in [-0.4, -0.2) is 41.1 Å². The summed E-state index contributed by atoms with van der Waals surface area (Å²) < 4.78 is 5.27.